The maximum atomic E-state index is 14.0. The molecule has 2 N–H and O–H groups in total. The van der Waals surface area contributed by atoms with Crippen LogP contribution >= 0.6 is 0 Å². The topological polar surface area (TPSA) is 44.5 Å². The highest BCUT2D eigenvalue weighted by Crippen LogP contribution is 2.36. The van der Waals surface area contributed by atoms with Gasteiger partial charge < -0.3 is 15.2 Å². The van der Waals surface area contributed by atoms with Crippen molar-refractivity contribution in [2.24, 2.45) is 5.73 Å². The average Bonchev–Trinajstić information content (AvgIpc) is 2.47. The first kappa shape index (κ1) is 12.9. The molecule has 1 unspecified atom stereocenters. The van der Waals surface area contributed by atoms with Gasteiger partial charge in [0.25, 0.3) is 0 Å². The molecule has 0 aliphatic carbocycles. The van der Waals surface area contributed by atoms with E-state index in [2.05, 4.69) is 0 Å². The monoisotopic (exact) mass is 273 g/mol. The van der Waals surface area contributed by atoms with Crippen molar-refractivity contribution in [1.29, 1.82) is 0 Å². The summed E-state index contributed by atoms with van der Waals surface area (Å²) >= 11 is 0. The highest BCUT2D eigenvalue weighted by molar-refractivity contribution is 5.48. The molecular formula is C16H16FNO2. The number of hydrogen-bond donors (Lipinski definition) is 1. The van der Waals surface area contributed by atoms with Crippen LogP contribution in [0.15, 0.2) is 42.5 Å². The standard InChI is InChI=1S/C16H16FNO2/c1-16(18,12-4-2-3-5-13(12)17)11-6-7-14-15(10-11)20-9-8-19-14/h2-7,10H,8-9,18H2,1H3. The Morgan fingerprint density at radius 1 is 1.05 bits per heavy atom. The van der Waals surface area contributed by atoms with Crippen LogP contribution in [0.5, 0.6) is 11.5 Å². The second-order valence-corrected chi connectivity index (χ2v) is 5.04. The summed E-state index contributed by atoms with van der Waals surface area (Å²) in [4.78, 5) is 0. The van der Waals surface area contributed by atoms with Crippen LogP contribution in [0.25, 0.3) is 0 Å². The second-order valence-electron chi connectivity index (χ2n) is 5.04. The average molecular weight is 273 g/mol. The van der Waals surface area contributed by atoms with Crippen LogP contribution in [0.4, 0.5) is 4.39 Å². The number of benzene rings is 2. The van der Waals surface area contributed by atoms with Gasteiger partial charge in [-0.3, -0.25) is 0 Å². The minimum absolute atomic E-state index is 0.313. The lowest BCUT2D eigenvalue weighted by Crippen LogP contribution is -2.35. The zero-order chi connectivity index (χ0) is 14.2. The summed E-state index contributed by atoms with van der Waals surface area (Å²) in [6.45, 7) is 2.84. The van der Waals surface area contributed by atoms with Gasteiger partial charge in [-0.15, -0.1) is 0 Å². The predicted molar refractivity (Wildman–Crippen MR) is 74.5 cm³/mol. The second kappa shape index (κ2) is 4.80. The van der Waals surface area contributed by atoms with E-state index in [0.717, 1.165) is 5.56 Å². The summed E-state index contributed by atoms with van der Waals surface area (Å²) in [5.41, 5.74) is 6.67. The van der Waals surface area contributed by atoms with Crippen molar-refractivity contribution in [3.8, 4) is 11.5 Å². The van der Waals surface area contributed by atoms with Crippen molar-refractivity contribution in [2.45, 2.75) is 12.5 Å². The molecule has 0 amide bonds. The Balaban J connectivity index is 2.05. The van der Waals surface area contributed by atoms with E-state index in [1.54, 1.807) is 25.1 Å². The molecule has 0 saturated carbocycles. The largest absolute Gasteiger partial charge is 0.486 e. The van der Waals surface area contributed by atoms with E-state index in [1.807, 2.05) is 18.2 Å². The number of ether oxygens (including phenoxy) is 2. The molecule has 20 heavy (non-hydrogen) atoms. The van der Waals surface area contributed by atoms with E-state index in [4.69, 9.17) is 15.2 Å². The molecule has 4 heteroatoms. The minimum atomic E-state index is -0.929. The SMILES string of the molecule is CC(N)(c1ccc2c(c1)OCCO2)c1ccccc1F. The zero-order valence-electron chi connectivity index (χ0n) is 11.2. The van der Waals surface area contributed by atoms with Crippen LogP contribution in [-0.4, -0.2) is 13.2 Å². The van der Waals surface area contributed by atoms with Gasteiger partial charge in [-0.25, -0.2) is 4.39 Å². The maximum Gasteiger partial charge on any atom is 0.161 e. The molecule has 1 heterocycles. The molecular weight excluding hydrogens is 257 g/mol. The van der Waals surface area contributed by atoms with E-state index >= 15 is 0 Å². The summed E-state index contributed by atoms with van der Waals surface area (Å²) in [5, 5.41) is 0. The van der Waals surface area contributed by atoms with Gasteiger partial charge in [0.2, 0.25) is 0 Å². The maximum absolute atomic E-state index is 14.0. The van der Waals surface area contributed by atoms with Crippen LogP contribution in [0.2, 0.25) is 0 Å². The summed E-state index contributed by atoms with van der Waals surface area (Å²) in [5.74, 6) is 1.04. The van der Waals surface area contributed by atoms with E-state index in [1.165, 1.54) is 6.07 Å². The Hall–Kier alpha value is -2.07. The first-order valence-corrected chi connectivity index (χ1v) is 6.53. The first-order valence-electron chi connectivity index (χ1n) is 6.53. The van der Waals surface area contributed by atoms with Gasteiger partial charge in [-0.05, 0) is 30.7 Å². The van der Waals surface area contributed by atoms with Gasteiger partial charge in [0.1, 0.15) is 19.0 Å². The highest BCUT2D eigenvalue weighted by Gasteiger charge is 2.28. The van der Waals surface area contributed by atoms with Crippen molar-refractivity contribution in [2.75, 3.05) is 13.2 Å². The Morgan fingerprint density at radius 3 is 2.50 bits per heavy atom. The molecule has 1 aliphatic heterocycles. The van der Waals surface area contributed by atoms with Crippen molar-refractivity contribution >= 4 is 0 Å². The van der Waals surface area contributed by atoms with Crippen LogP contribution in [0, 0.1) is 5.82 Å². The number of halogens is 1. The quantitative estimate of drug-likeness (QED) is 0.915. The summed E-state index contributed by atoms with van der Waals surface area (Å²) in [6, 6.07) is 12.0. The van der Waals surface area contributed by atoms with Crippen LogP contribution < -0.4 is 15.2 Å². The minimum Gasteiger partial charge on any atom is -0.486 e. The van der Waals surface area contributed by atoms with E-state index in [-0.39, 0.29) is 5.82 Å². The molecule has 104 valence electrons. The summed E-state index contributed by atoms with van der Waals surface area (Å²) in [6.07, 6.45) is 0. The molecule has 3 rings (SSSR count). The third-order valence-electron chi connectivity index (χ3n) is 3.58. The fourth-order valence-electron chi connectivity index (χ4n) is 2.40. The number of rotatable bonds is 2. The molecule has 0 saturated heterocycles. The molecule has 0 spiro atoms. The molecule has 0 aromatic heterocycles. The van der Waals surface area contributed by atoms with Crippen LogP contribution in [0.3, 0.4) is 0 Å². The molecule has 0 fully saturated rings. The van der Waals surface area contributed by atoms with Gasteiger partial charge in [-0.1, -0.05) is 24.3 Å². The molecule has 1 atom stereocenters. The molecule has 0 radical (unpaired) electrons. The smallest absolute Gasteiger partial charge is 0.161 e. The number of nitrogens with two attached hydrogens (primary N) is 1. The molecule has 3 nitrogen and oxygen atoms in total. The lowest BCUT2D eigenvalue weighted by atomic mass is 9.85. The lowest BCUT2D eigenvalue weighted by Gasteiger charge is -2.28. The van der Waals surface area contributed by atoms with Crippen LogP contribution in [0.1, 0.15) is 18.1 Å². The zero-order valence-corrected chi connectivity index (χ0v) is 11.2. The molecule has 1 aliphatic rings. The van der Waals surface area contributed by atoms with Gasteiger partial charge in [0, 0.05) is 5.56 Å². The first-order chi connectivity index (χ1) is 9.59. The lowest BCUT2D eigenvalue weighted by molar-refractivity contribution is 0.171. The van der Waals surface area contributed by atoms with Gasteiger partial charge in [-0.2, -0.15) is 0 Å². The van der Waals surface area contributed by atoms with Crippen molar-refractivity contribution < 1.29 is 13.9 Å². The molecule has 2 aromatic carbocycles. The van der Waals surface area contributed by atoms with Gasteiger partial charge in [0.15, 0.2) is 11.5 Å². The van der Waals surface area contributed by atoms with Gasteiger partial charge in [0.05, 0.1) is 5.54 Å². The molecule has 0 bridgehead atoms. The Morgan fingerprint density at radius 2 is 1.75 bits per heavy atom. The molecule has 2 aromatic rings. The van der Waals surface area contributed by atoms with Crippen molar-refractivity contribution in [3.05, 3.63) is 59.4 Å². The van der Waals surface area contributed by atoms with E-state index in [0.29, 0.717) is 30.3 Å². The van der Waals surface area contributed by atoms with Gasteiger partial charge >= 0.3 is 0 Å². The fourth-order valence-corrected chi connectivity index (χ4v) is 2.40. The van der Waals surface area contributed by atoms with Crippen LogP contribution in [-0.2, 0) is 5.54 Å². The number of hydrogen-bond acceptors (Lipinski definition) is 3. The number of fused-ring (bicyclic) bond motifs is 1. The fraction of sp³-hybridized carbons (Fsp3) is 0.250. The Bertz CT molecular complexity index is 640. The predicted octanol–water partition coefficient (Wildman–Crippen LogP) is 2.82. The van der Waals surface area contributed by atoms with Crippen molar-refractivity contribution in [1.82, 2.24) is 0 Å². The highest BCUT2D eigenvalue weighted by atomic mass is 19.1. The van der Waals surface area contributed by atoms with E-state index in [9.17, 15) is 4.39 Å². The normalized spacial score (nSPS) is 16.6. The Kier molecular flexibility index (Phi) is 3.10. The van der Waals surface area contributed by atoms with E-state index < -0.39 is 5.54 Å². The summed E-state index contributed by atoms with van der Waals surface area (Å²) < 4.78 is 25.0. The third-order valence-corrected chi connectivity index (χ3v) is 3.58. The summed E-state index contributed by atoms with van der Waals surface area (Å²) in [7, 11) is 0. The Labute approximate surface area is 117 Å². The third kappa shape index (κ3) is 2.12. The van der Waals surface area contributed by atoms with Crippen molar-refractivity contribution in [3.63, 3.8) is 0 Å².